The van der Waals surface area contributed by atoms with Crippen LogP contribution >= 0.6 is 11.6 Å². The molecule has 0 amide bonds. The van der Waals surface area contributed by atoms with Crippen molar-refractivity contribution < 1.29 is 34.8 Å². The van der Waals surface area contributed by atoms with Gasteiger partial charge in [0.05, 0.1) is 27.4 Å². The van der Waals surface area contributed by atoms with Crippen LogP contribution in [0.2, 0.25) is 5.02 Å². The zero-order valence-electron chi connectivity index (χ0n) is 17.6. The Morgan fingerprint density at radius 1 is 1.03 bits per heavy atom. The number of alkyl halides is 3. The van der Waals surface area contributed by atoms with Gasteiger partial charge in [-0.1, -0.05) is 23.7 Å². The molecule has 0 aliphatic rings. The lowest BCUT2D eigenvalue weighted by molar-refractivity contribution is -0.137. The first-order valence-electron chi connectivity index (χ1n) is 9.34. The first-order valence-corrected chi connectivity index (χ1v) is 13.1. The molecule has 0 saturated heterocycles. The summed E-state index contributed by atoms with van der Waals surface area (Å²) in [5.74, 6) is -0.815. The average molecular weight is 549 g/mol. The lowest BCUT2D eigenvalue weighted by Gasteiger charge is -2.15. The van der Waals surface area contributed by atoms with Crippen LogP contribution < -0.4 is 15.2 Å². The van der Waals surface area contributed by atoms with Crippen molar-refractivity contribution in [2.24, 2.45) is 0 Å². The Kier molecular flexibility index (Phi) is 7.02. The fraction of sp³-hybridized carbons (Fsp3) is 0.100. The number of aromatic nitrogens is 1. The van der Waals surface area contributed by atoms with E-state index in [1.807, 2.05) is 4.72 Å². The molecule has 35 heavy (non-hydrogen) atoms. The molecule has 15 heteroatoms. The first kappa shape index (κ1) is 26.2. The van der Waals surface area contributed by atoms with Gasteiger partial charge in [-0.25, -0.2) is 21.8 Å². The Morgan fingerprint density at radius 3 is 2.34 bits per heavy atom. The van der Waals surface area contributed by atoms with Crippen molar-refractivity contribution >= 4 is 54.5 Å². The number of hydrogen-bond acceptors (Lipinski definition) is 7. The number of ketones is 1. The molecule has 0 fully saturated rings. The Bertz CT molecular complexity index is 1530. The van der Waals surface area contributed by atoms with Crippen LogP contribution in [-0.4, -0.2) is 33.9 Å². The van der Waals surface area contributed by atoms with Gasteiger partial charge in [0.15, 0.2) is 0 Å². The van der Waals surface area contributed by atoms with Crippen LogP contribution in [0, 0.1) is 0 Å². The van der Waals surface area contributed by atoms with Crippen LogP contribution in [0.3, 0.4) is 0 Å². The summed E-state index contributed by atoms with van der Waals surface area (Å²) in [6.45, 7) is 0. The molecule has 0 atom stereocenters. The molecule has 3 aromatic rings. The van der Waals surface area contributed by atoms with Gasteiger partial charge in [0.1, 0.15) is 5.69 Å². The number of halogens is 4. The van der Waals surface area contributed by atoms with E-state index in [0.29, 0.717) is 6.07 Å². The van der Waals surface area contributed by atoms with Crippen molar-refractivity contribution in [2.75, 3.05) is 21.4 Å². The van der Waals surface area contributed by atoms with Gasteiger partial charge in [-0.15, -0.1) is 0 Å². The zero-order valence-corrected chi connectivity index (χ0v) is 20.0. The number of pyridine rings is 1. The number of nitrogens with two attached hydrogens (primary N) is 1. The summed E-state index contributed by atoms with van der Waals surface area (Å²) in [4.78, 5) is 16.2. The number of nitrogens with one attached hydrogen (secondary N) is 2. The third-order valence-corrected chi connectivity index (χ3v) is 6.56. The minimum atomic E-state index is -4.90. The molecule has 2 aromatic carbocycles. The average Bonchev–Trinajstić information content (AvgIpc) is 2.71. The smallest absolute Gasteiger partial charge is 0.398 e. The molecule has 9 nitrogen and oxygen atoms in total. The number of benzene rings is 2. The summed E-state index contributed by atoms with van der Waals surface area (Å²) < 4.78 is 92.4. The van der Waals surface area contributed by atoms with Crippen LogP contribution in [-0.2, 0) is 26.2 Å². The molecular formula is C20H16ClF3N4O5S2. The van der Waals surface area contributed by atoms with E-state index in [2.05, 4.69) is 9.71 Å². The van der Waals surface area contributed by atoms with Gasteiger partial charge >= 0.3 is 6.18 Å². The van der Waals surface area contributed by atoms with Gasteiger partial charge in [0.25, 0.3) is 10.0 Å². The highest BCUT2D eigenvalue weighted by molar-refractivity contribution is 7.92. The molecular weight excluding hydrogens is 533 g/mol. The normalized spacial score (nSPS) is 12.3. The van der Waals surface area contributed by atoms with Crippen LogP contribution in [0.4, 0.5) is 30.2 Å². The van der Waals surface area contributed by atoms with Crippen LogP contribution in [0.25, 0.3) is 0 Å². The predicted molar refractivity (Wildman–Crippen MR) is 124 cm³/mol. The molecule has 3 rings (SSSR count). The molecule has 0 saturated carbocycles. The highest BCUT2D eigenvalue weighted by atomic mass is 35.5. The third kappa shape index (κ3) is 6.41. The van der Waals surface area contributed by atoms with E-state index in [0.717, 1.165) is 30.7 Å². The Labute approximate surface area is 203 Å². The van der Waals surface area contributed by atoms with E-state index in [1.165, 1.54) is 24.3 Å². The Balaban J connectivity index is 2.03. The van der Waals surface area contributed by atoms with Gasteiger partial charge in [0, 0.05) is 23.1 Å². The van der Waals surface area contributed by atoms with Crippen molar-refractivity contribution in [3.8, 4) is 0 Å². The number of carbonyl (C=O) groups is 1. The van der Waals surface area contributed by atoms with Crippen molar-refractivity contribution in [1.82, 2.24) is 4.98 Å². The molecule has 4 N–H and O–H groups in total. The molecule has 0 aliphatic heterocycles. The summed E-state index contributed by atoms with van der Waals surface area (Å²) >= 11 is 5.90. The van der Waals surface area contributed by atoms with Gasteiger partial charge in [-0.3, -0.25) is 14.2 Å². The van der Waals surface area contributed by atoms with Gasteiger partial charge < -0.3 is 5.73 Å². The summed E-state index contributed by atoms with van der Waals surface area (Å²) in [5.41, 5.74) is 2.48. The number of hydrogen-bond donors (Lipinski definition) is 3. The highest BCUT2D eigenvalue weighted by Crippen LogP contribution is 2.35. The van der Waals surface area contributed by atoms with Crippen molar-refractivity contribution in [3.05, 3.63) is 76.6 Å². The monoisotopic (exact) mass is 548 g/mol. The van der Waals surface area contributed by atoms with E-state index >= 15 is 0 Å². The number of nitrogen functional groups attached to an aromatic ring is 1. The summed E-state index contributed by atoms with van der Waals surface area (Å²) in [6.07, 6.45) is -2.92. The number of rotatable bonds is 7. The summed E-state index contributed by atoms with van der Waals surface area (Å²) in [5, 5.41) is -0.0694. The van der Waals surface area contributed by atoms with Crippen molar-refractivity contribution in [1.29, 1.82) is 0 Å². The maximum Gasteiger partial charge on any atom is 0.418 e. The quantitative estimate of drug-likeness (QED) is 0.301. The van der Waals surface area contributed by atoms with Gasteiger partial charge in [0.2, 0.25) is 15.8 Å². The maximum absolute atomic E-state index is 13.2. The number of anilines is 3. The second kappa shape index (κ2) is 9.36. The van der Waals surface area contributed by atoms with E-state index in [-0.39, 0.29) is 16.3 Å². The minimum absolute atomic E-state index is 0.0548. The van der Waals surface area contributed by atoms with Gasteiger partial charge in [-0.2, -0.15) is 13.2 Å². The maximum atomic E-state index is 13.2. The molecule has 0 aliphatic carbocycles. The van der Waals surface area contributed by atoms with E-state index in [1.54, 1.807) is 0 Å². The van der Waals surface area contributed by atoms with E-state index in [4.69, 9.17) is 17.3 Å². The predicted octanol–water partition coefficient (Wildman–Crippen LogP) is 3.74. The molecule has 0 radical (unpaired) electrons. The molecule has 1 aromatic heterocycles. The lowest BCUT2D eigenvalue weighted by atomic mass is 10.1. The Morgan fingerprint density at radius 2 is 1.71 bits per heavy atom. The molecule has 1 heterocycles. The fourth-order valence-corrected chi connectivity index (χ4v) is 4.72. The second-order valence-electron chi connectivity index (χ2n) is 7.19. The summed E-state index contributed by atoms with van der Waals surface area (Å²) in [7, 11) is -8.29. The number of nitrogens with zero attached hydrogens (tertiary/aromatic N) is 1. The number of carbonyl (C=O) groups excluding carboxylic acids is 1. The zero-order chi connectivity index (χ0) is 26.2. The summed E-state index contributed by atoms with van der Waals surface area (Å²) in [6, 6.07) is 8.38. The Hall–Kier alpha value is -3.36. The van der Waals surface area contributed by atoms with Crippen LogP contribution in [0.1, 0.15) is 21.6 Å². The van der Waals surface area contributed by atoms with Gasteiger partial charge in [-0.05, 0) is 36.4 Å². The van der Waals surface area contributed by atoms with E-state index in [9.17, 15) is 34.8 Å². The number of sulfonamides is 2. The van der Waals surface area contributed by atoms with E-state index < -0.39 is 59.5 Å². The largest absolute Gasteiger partial charge is 0.418 e. The molecule has 0 bridgehead atoms. The molecule has 0 spiro atoms. The molecule has 0 unspecified atom stereocenters. The van der Waals surface area contributed by atoms with Crippen LogP contribution in [0.15, 0.2) is 59.6 Å². The minimum Gasteiger partial charge on any atom is -0.398 e. The van der Waals surface area contributed by atoms with Crippen molar-refractivity contribution in [2.45, 2.75) is 11.1 Å². The van der Waals surface area contributed by atoms with Crippen LogP contribution in [0.5, 0.6) is 0 Å². The standard InChI is InChI=1S/C20H16ClF3N4O5S2/c1-34(30,31)27-13-4-2-3-11(7-13)19(29)18-17(8-12(21)10-26-18)28-35(32,33)14-5-6-16(25)15(9-14)20(22,23)24/h2-10,27-28H,25H2,1H3. The first-order chi connectivity index (χ1) is 16.1. The second-order valence-corrected chi connectivity index (χ2v) is 11.1. The van der Waals surface area contributed by atoms with Crippen molar-refractivity contribution in [3.63, 3.8) is 0 Å². The fourth-order valence-electron chi connectivity index (χ4n) is 2.92. The topological polar surface area (TPSA) is 148 Å². The highest BCUT2D eigenvalue weighted by Gasteiger charge is 2.34. The molecule has 186 valence electrons. The SMILES string of the molecule is CS(=O)(=O)Nc1cccc(C(=O)c2ncc(Cl)cc2NS(=O)(=O)c2ccc(N)c(C(F)(F)F)c2)c1. The lowest BCUT2D eigenvalue weighted by Crippen LogP contribution is -2.18. The third-order valence-electron chi connectivity index (χ3n) is 4.38.